The Labute approximate surface area is 164 Å². The molecule has 148 valence electrons. The van der Waals surface area contributed by atoms with Gasteiger partial charge in [-0.05, 0) is 31.7 Å². The van der Waals surface area contributed by atoms with Gasteiger partial charge in [-0.2, -0.15) is 0 Å². The van der Waals surface area contributed by atoms with Crippen molar-refractivity contribution in [1.29, 1.82) is 0 Å². The van der Waals surface area contributed by atoms with Gasteiger partial charge in [0.25, 0.3) is 11.8 Å². The van der Waals surface area contributed by atoms with Crippen LogP contribution in [0.25, 0.3) is 0 Å². The zero-order valence-corrected chi connectivity index (χ0v) is 16.6. The lowest BCUT2D eigenvalue weighted by atomic mass is 9.94. The summed E-state index contributed by atoms with van der Waals surface area (Å²) in [6.07, 6.45) is 6.53. The lowest BCUT2D eigenvalue weighted by Gasteiger charge is -2.36. The number of rotatable bonds is 3. The number of carbonyl (C=O) groups excluding carboxylic acids is 2. The van der Waals surface area contributed by atoms with E-state index < -0.39 is 0 Å². The highest BCUT2D eigenvalue weighted by Crippen LogP contribution is 2.31. The second kappa shape index (κ2) is 7.37. The molecule has 3 aliphatic heterocycles. The van der Waals surface area contributed by atoms with Crippen LogP contribution >= 0.6 is 0 Å². The highest BCUT2D eigenvalue weighted by Gasteiger charge is 2.40. The van der Waals surface area contributed by atoms with Crippen LogP contribution in [0.2, 0.25) is 0 Å². The number of piperidine rings is 1. The number of nitrogens with zero attached hydrogens (tertiary/aromatic N) is 4. The zero-order chi connectivity index (χ0) is 19.8. The number of fused-ring (bicyclic) bond motifs is 4. The van der Waals surface area contributed by atoms with Crippen molar-refractivity contribution in [2.45, 2.75) is 45.6 Å². The molecule has 3 aliphatic rings. The van der Waals surface area contributed by atoms with Gasteiger partial charge in [0.1, 0.15) is 17.2 Å². The predicted molar refractivity (Wildman–Crippen MR) is 103 cm³/mol. The molecule has 2 aromatic rings. The minimum atomic E-state index is -0.110. The molecule has 2 amide bonds. The molecule has 5 rings (SSSR count). The van der Waals surface area contributed by atoms with E-state index in [1.165, 1.54) is 12.4 Å². The van der Waals surface area contributed by atoms with Crippen molar-refractivity contribution >= 4 is 11.8 Å². The fourth-order valence-electron chi connectivity index (χ4n) is 4.22. The van der Waals surface area contributed by atoms with E-state index in [4.69, 9.17) is 4.42 Å². The molecule has 0 aliphatic carbocycles. The number of hydrogen-bond donors (Lipinski definition) is 0. The van der Waals surface area contributed by atoms with E-state index in [1.54, 1.807) is 6.20 Å². The minimum Gasteiger partial charge on any atom is -0.465 e. The first-order chi connectivity index (χ1) is 13.4. The van der Waals surface area contributed by atoms with Crippen molar-refractivity contribution in [1.82, 2.24) is 19.8 Å². The third kappa shape index (κ3) is 3.41. The Kier molecular flexibility index (Phi) is 4.91. The normalized spacial score (nSPS) is 21.9. The summed E-state index contributed by atoms with van der Waals surface area (Å²) < 4.78 is 5.79. The van der Waals surface area contributed by atoms with Crippen LogP contribution in [0.15, 0.2) is 29.1 Å². The third-order valence-electron chi connectivity index (χ3n) is 5.78. The predicted octanol–water partition coefficient (Wildman–Crippen LogP) is 2.88. The molecule has 2 atom stereocenters. The number of aromatic nitrogens is 2. The maximum absolute atomic E-state index is 13.3. The average molecular weight is 382 g/mol. The summed E-state index contributed by atoms with van der Waals surface area (Å²) in [5, 5.41) is 0. The van der Waals surface area contributed by atoms with Crippen molar-refractivity contribution in [3.05, 3.63) is 47.4 Å². The second-order valence-electron chi connectivity index (χ2n) is 8.13. The van der Waals surface area contributed by atoms with Crippen LogP contribution in [0.5, 0.6) is 0 Å². The molecule has 3 fully saturated rings. The van der Waals surface area contributed by atoms with E-state index in [9.17, 15) is 9.59 Å². The molecule has 5 heterocycles. The van der Waals surface area contributed by atoms with Gasteiger partial charge >= 0.3 is 0 Å². The molecular formula is C21H26N4O3. The molecule has 2 aromatic heterocycles. The summed E-state index contributed by atoms with van der Waals surface area (Å²) >= 11 is 0. The summed E-state index contributed by atoms with van der Waals surface area (Å²) in [6.45, 7) is 7.81. The molecule has 3 saturated heterocycles. The summed E-state index contributed by atoms with van der Waals surface area (Å²) in [5.41, 5.74) is 0.997. The first kappa shape index (κ1) is 18.7. The standard InChI is InChI=1S/C21H26N4O3/c1-13(2)19-8-17(14(3)28-19)20(26)25-11-15-4-5-16(25)12-24(10-15)21(27)18-9-22-6-7-23-18/h6-9,13,15-16H,4-5,10-12H2,1-3H3/t15-,16+/m0/s1. The van der Waals surface area contributed by atoms with Crippen molar-refractivity contribution in [3.63, 3.8) is 0 Å². The van der Waals surface area contributed by atoms with Crippen LogP contribution in [-0.2, 0) is 0 Å². The van der Waals surface area contributed by atoms with Crippen molar-refractivity contribution < 1.29 is 14.0 Å². The molecule has 0 saturated carbocycles. The highest BCUT2D eigenvalue weighted by atomic mass is 16.3. The van der Waals surface area contributed by atoms with Gasteiger partial charge in [-0.1, -0.05) is 13.8 Å². The Morgan fingerprint density at radius 1 is 1.14 bits per heavy atom. The molecule has 7 heteroatoms. The van der Waals surface area contributed by atoms with Crippen LogP contribution in [0.3, 0.4) is 0 Å². The number of hydrogen-bond acceptors (Lipinski definition) is 5. The van der Waals surface area contributed by atoms with Crippen molar-refractivity contribution in [2.24, 2.45) is 5.92 Å². The Bertz CT molecular complexity index is 877. The number of furan rings is 1. The van der Waals surface area contributed by atoms with Gasteiger partial charge < -0.3 is 14.2 Å². The molecule has 7 nitrogen and oxygen atoms in total. The third-order valence-corrected chi connectivity index (χ3v) is 5.78. The van der Waals surface area contributed by atoms with E-state index in [0.29, 0.717) is 36.7 Å². The van der Waals surface area contributed by atoms with Crippen LogP contribution in [0, 0.1) is 12.8 Å². The fourth-order valence-corrected chi connectivity index (χ4v) is 4.22. The Balaban J connectivity index is 1.55. The van der Waals surface area contributed by atoms with Gasteiger partial charge in [0.2, 0.25) is 0 Å². The molecule has 0 radical (unpaired) electrons. The number of amides is 2. The Hall–Kier alpha value is -2.70. The zero-order valence-electron chi connectivity index (χ0n) is 16.6. The summed E-state index contributed by atoms with van der Waals surface area (Å²) in [5.74, 6) is 1.92. The van der Waals surface area contributed by atoms with E-state index in [-0.39, 0.29) is 29.7 Å². The largest absolute Gasteiger partial charge is 0.465 e. The van der Waals surface area contributed by atoms with Gasteiger partial charge in [-0.3, -0.25) is 14.6 Å². The summed E-state index contributed by atoms with van der Waals surface area (Å²) in [7, 11) is 0. The van der Waals surface area contributed by atoms with Gasteiger partial charge in [-0.25, -0.2) is 4.98 Å². The number of aryl methyl sites for hydroxylation is 1. The molecular weight excluding hydrogens is 356 g/mol. The van der Waals surface area contributed by atoms with Gasteiger partial charge in [-0.15, -0.1) is 0 Å². The molecule has 28 heavy (non-hydrogen) atoms. The second-order valence-corrected chi connectivity index (χ2v) is 8.13. The van der Waals surface area contributed by atoms with Gasteiger partial charge in [0.05, 0.1) is 11.8 Å². The topological polar surface area (TPSA) is 79.5 Å². The van der Waals surface area contributed by atoms with Crippen molar-refractivity contribution in [2.75, 3.05) is 19.6 Å². The summed E-state index contributed by atoms with van der Waals surface area (Å²) in [4.78, 5) is 38.1. The molecule has 0 spiro atoms. The van der Waals surface area contributed by atoms with Crippen LogP contribution in [-0.4, -0.2) is 57.3 Å². The maximum atomic E-state index is 13.3. The number of carbonyl (C=O) groups is 2. The van der Waals surface area contributed by atoms with Crippen LogP contribution < -0.4 is 0 Å². The van der Waals surface area contributed by atoms with Crippen LogP contribution in [0.1, 0.15) is 65.0 Å². The molecule has 0 unspecified atom stereocenters. The summed E-state index contributed by atoms with van der Waals surface area (Å²) in [6, 6.07) is 1.90. The van der Waals surface area contributed by atoms with Gasteiger partial charge in [0.15, 0.2) is 0 Å². The molecule has 0 aromatic carbocycles. The van der Waals surface area contributed by atoms with E-state index >= 15 is 0 Å². The monoisotopic (exact) mass is 382 g/mol. The quantitative estimate of drug-likeness (QED) is 0.815. The SMILES string of the molecule is Cc1oc(C(C)C)cc1C(=O)N1C[C@H]2CC[C@@H]1CN(C(=O)c1cnccn1)C2. The van der Waals surface area contributed by atoms with Crippen LogP contribution in [0.4, 0.5) is 0 Å². The maximum Gasteiger partial charge on any atom is 0.274 e. The van der Waals surface area contributed by atoms with E-state index in [0.717, 1.165) is 18.6 Å². The lowest BCUT2D eigenvalue weighted by molar-refractivity contribution is 0.0572. The van der Waals surface area contributed by atoms with Gasteiger partial charge in [0, 0.05) is 44.0 Å². The first-order valence-corrected chi connectivity index (χ1v) is 9.90. The van der Waals surface area contributed by atoms with E-state index in [2.05, 4.69) is 23.8 Å². The fraction of sp³-hybridized carbons (Fsp3) is 0.524. The Morgan fingerprint density at radius 2 is 1.96 bits per heavy atom. The van der Waals surface area contributed by atoms with E-state index in [1.807, 2.05) is 22.8 Å². The lowest BCUT2D eigenvalue weighted by Crippen LogP contribution is -2.47. The smallest absolute Gasteiger partial charge is 0.274 e. The first-order valence-electron chi connectivity index (χ1n) is 9.90. The Morgan fingerprint density at radius 3 is 2.64 bits per heavy atom. The molecule has 0 N–H and O–H groups in total. The molecule has 2 bridgehead atoms. The highest BCUT2D eigenvalue weighted by molar-refractivity contribution is 5.96. The van der Waals surface area contributed by atoms with Crippen molar-refractivity contribution in [3.8, 4) is 0 Å². The minimum absolute atomic E-state index is 0.0108. The average Bonchev–Trinajstić information content (AvgIpc) is 2.88.